The van der Waals surface area contributed by atoms with Gasteiger partial charge in [0.25, 0.3) is 0 Å². The van der Waals surface area contributed by atoms with Gasteiger partial charge in [0, 0.05) is 12.0 Å². The lowest BCUT2D eigenvalue weighted by Crippen LogP contribution is -2.32. The lowest BCUT2D eigenvalue weighted by Gasteiger charge is -2.29. The lowest BCUT2D eigenvalue weighted by atomic mass is 9.85. The van der Waals surface area contributed by atoms with Crippen LogP contribution in [0.1, 0.15) is 31.7 Å². The zero-order chi connectivity index (χ0) is 23.8. The summed E-state index contributed by atoms with van der Waals surface area (Å²) in [6.07, 6.45) is 3.87. The molecule has 2 aromatic heterocycles. The zero-order valence-corrected chi connectivity index (χ0v) is 19.8. The van der Waals surface area contributed by atoms with Gasteiger partial charge < -0.3 is 26.2 Å². The highest BCUT2D eigenvalue weighted by Gasteiger charge is 2.30. The van der Waals surface area contributed by atoms with Crippen LogP contribution >= 0.6 is 23.2 Å². The Morgan fingerprint density at radius 3 is 2.53 bits per heavy atom. The Labute approximate surface area is 205 Å². The van der Waals surface area contributed by atoms with E-state index in [9.17, 15) is 9.90 Å². The van der Waals surface area contributed by atoms with Crippen LogP contribution in [0.25, 0.3) is 11.2 Å². The van der Waals surface area contributed by atoms with Crippen LogP contribution in [0, 0.1) is 5.92 Å². The Morgan fingerprint density at radius 1 is 1.15 bits per heavy atom. The number of aromatic nitrogens is 4. The number of hydrogen-bond donors (Lipinski definition) is 4. The third kappa shape index (κ3) is 4.50. The Balaban J connectivity index is 1.53. The van der Waals surface area contributed by atoms with Gasteiger partial charge in [-0.25, -0.2) is 9.97 Å². The summed E-state index contributed by atoms with van der Waals surface area (Å²) >= 11 is 12.8. The number of carbonyl (C=O) groups is 1. The maximum Gasteiger partial charge on any atom is 0.225 e. The van der Waals surface area contributed by atoms with Crippen LogP contribution in [0.5, 0.6) is 0 Å². The molecule has 2 unspecified atom stereocenters. The molecule has 1 saturated heterocycles. The Hall–Kier alpha value is -2.66. The van der Waals surface area contributed by atoms with Gasteiger partial charge in [-0.1, -0.05) is 29.3 Å². The normalized spacial score (nSPS) is 24.9. The van der Waals surface area contributed by atoms with Crippen molar-refractivity contribution in [3.8, 4) is 0 Å². The number of benzene rings is 1. The van der Waals surface area contributed by atoms with Gasteiger partial charge in [0.2, 0.25) is 17.8 Å². The van der Waals surface area contributed by atoms with E-state index < -0.39 is 6.10 Å². The minimum absolute atomic E-state index is 0.0347. The maximum atomic E-state index is 11.7. The highest BCUT2D eigenvalue weighted by Crippen LogP contribution is 2.39. The van der Waals surface area contributed by atoms with E-state index in [1.54, 1.807) is 24.4 Å². The summed E-state index contributed by atoms with van der Waals surface area (Å²) in [5.41, 5.74) is 7.30. The molecule has 5 rings (SSSR count). The maximum absolute atomic E-state index is 11.7. The van der Waals surface area contributed by atoms with Gasteiger partial charge in [0.1, 0.15) is 5.52 Å². The topological polar surface area (TPSA) is 140 Å². The van der Waals surface area contributed by atoms with Gasteiger partial charge in [0.15, 0.2) is 5.65 Å². The molecule has 0 spiro atoms. The molecule has 1 aromatic carbocycles. The van der Waals surface area contributed by atoms with Gasteiger partial charge >= 0.3 is 0 Å². The van der Waals surface area contributed by atoms with E-state index in [0.29, 0.717) is 58.2 Å². The summed E-state index contributed by atoms with van der Waals surface area (Å²) in [4.78, 5) is 25.5. The third-order valence-corrected chi connectivity index (χ3v) is 7.09. The Kier molecular flexibility index (Phi) is 6.48. The first kappa shape index (κ1) is 23.1. The average molecular weight is 506 g/mol. The summed E-state index contributed by atoms with van der Waals surface area (Å²) in [7, 11) is 0. The SMILES string of the molecule is NC(=O)C1CCC(n2c(Nc3c(Cl)cccc3Cl)nc3cnc(NC4COCC4O)nc32)CC1. The van der Waals surface area contributed by atoms with Crippen molar-refractivity contribution in [2.24, 2.45) is 11.7 Å². The molecule has 12 heteroatoms. The number of primary amides is 1. The van der Waals surface area contributed by atoms with Gasteiger partial charge in [-0.3, -0.25) is 9.36 Å². The highest BCUT2D eigenvalue weighted by molar-refractivity contribution is 6.39. The molecule has 1 saturated carbocycles. The van der Waals surface area contributed by atoms with Gasteiger partial charge in [-0.2, -0.15) is 4.98 Å². The van der Waals surface area contributed by atoms with E-state index in [1.165, 1.54) is 0 Å². The zero-order valence-electron chi connectivity index (χ0n) is 18.2. The molecule has 0 radical (unpaired) electrons. The van der Waals surface area contributed by atoms with Crippen molar-refractivity contribution in [1.29, 1.82) is 0 Å². The number of aliphatic hydroxyl groups excluding tert-OH is 1. The predicted octanol–water partition coefficient (Wildman–Crippen LogP) is 3.26. The van der Waals surface area contributed by atoms with Crippen LogP contribution < -0.4 is 16.4 Å². The number of fused-ring (bicyclic) bond motifs is 1. The number of para-hydroxylation sites is 1. The minimum Gasteiger partial charge on any atom is -0.388 e. The second kappa shape index (κ2) is 9.53. The molecule has 1 aliphatic carbocycles. The number of anilines is 3. The third-order valence-electron chi connectivity index (χ3n) is 6.46. The molecule has 10 nitrogen and oxygen atoms in total. The Bertz CT molecular complexity index is 1190. The first-order valence-corrected chi connectivity index (χ1v) is 11.9. The quantitative estimate of drug-likeness (QED) is 0.400. The molecule has 3 aromatic rings. The van der Waals surface area contributed by atoms with Crippen molar-refractivity contribution in [2.75, 3.05) is 23.8 Å². The number of imidazole rings is 1. The largest absolute Gasteiger partial charge is 0.388 e. The van der Waals surface area contributed by atoms with E-state index in [2.05, 4.69) is 15.6 Å². The van der Waals surface area contributed by atoms with Crippen LogP contribution in [0.15, 0.2) is 24.4 Å². The number of hydrogen-bond acceptors (Lipinski definition) is 8. The first-order chi connectivity index (χ1) is 16.4. The van der Waals surface area contributed by atoms with Gasteiger partial charge in [0.05, 0.1) is 47.3 Å². The molecular weight excluding hydrogens is 481 g/mol. The van der Waals surface area contributed by atoms with Gasteiger partial charge in [-0.15, -0.1) is 0 Å². The van der Waals surface area contributed by atoms with E-state index in [0.717, 1.165) is 12.8 Å². The van der Waals surface area contributed by atoms with Gasteiger partial charge in [-0.05, 0) is 37.8 Å². The van der Waals surface area contributed by atoms with Crippen molar-refractivity contribution >= 4 is 57.9 Å². The minimum atomic E-state index is -0.632. The molecule has 34 heavy (non-hydrogen) atoms. The summed E-state index contributed by atoms with van der Waals surface area (Å²) in [6.45, 7) is 0.643. The number of nitrogens with one attached hydrogen (secondary N) is 2. The monoisotopic (exact) mass is 505 g/mol. The van der Waals surface area contributed by atoms with Crippen molar-refractivity contribution in [3.05, 3.63) is 34.4 Å². The predicted molar refractivity (Wildman–Crippen MR) is 129 cm³/mol. The Morgan fingerprint density at radius 2 is 1.88 bits per heavy atom. The molecule has 2 aliphatic rings. The first-order valence-electron chi connectivity index (χ1n) is 11.2. The number of aliphatic hydroxyl groups is 1. The lowest BCUT2D eigenvalue weighted by molar-refractivity contribution is -0.122. The van der Waals surface area contributed by atoms with Crippen molar-refractivity contribution in [2.45, 2.75) is 43.9 Å². The standard InChI is InChI=1S/C22H25Cl2N7O3/c23-13-2-1-3-14(24)18(13)29-22-28-15-8-26-21(27-16-9-34-10-17(16)32)30-20(15)31(22)12-6-4-11(5-7-12)19(25)33/h1-3,8,11-12,16-17,32H,4-7,9-10H2,(H2,25,33)(H,28,29)(H,26,27,30). The summed E-state index contributed by atoms with van der Waals surface area (Å²) < 4.78 is 7.33. The number of ether oxygens (including phenoxy) is 1. The van der Waals surface area contributed by atoms with Crippen molar-refractivity contribution in [3.63, 3.8) is 0 Å². The molecule has 2 atom stereocenters. The smallest absolute Gasteiger partial charge is 0.225 e. The van der Waals surface area contributed by atoms with E-state index >= 15 is 0 Å². The van der Waals surface area contributed by atoms with Crippen LogP contribution in [-0.4, -0.2) is 55.9 Å². The van der Waals surface area contributed by atoms with Crippen molar-refractivity contribution in [1.82, 2.24) is 19.5 Å². The van der Waals surface area contributed by atoms with E-state index in [-0.39, 0.29) is 30.5 Å². The fraction of sp³-hybridized carbons (Fsp3) is 0.455. The average Bonchev–Trinajstić information content (AvgIpc) is 3.39. The number of carbonyl (C=O) groups excluding carboxylic acids is 1. The highest BCUT2D eigenvalue weighted by atomic mass is 35.5. The molecule has 1 amide bonds. The summed E-state index contributed by atoms with van der Waals surface area (Å²) in [5.74, 6) is 0.511. The number of nitrogens with two attached hydrogens (primary N) is 1. The number of halogens is 2. The molecule has 5 N–H and O–H groups in total. The number of amides is 1. The van der Waals surface area contributed by atoms with Crippen LogP contribution in [0.2, 0.25) is 10.0 Å². The van der Waals surface area contributed by atoms with Crippen LogP contribution in [0.4, 0.5) is 17.6 Å². The van der Waals surface area contributed by atoms with Crippen LogP contribution in [-0.2, 0) is 9.53 Å². The molecule has 0 bridgehead atoms. The number of rotatable bonds is 6. The van der Waals surface area contributed by atoms with Crippen molar-refractivity contribution < 1.29 is 14.6 Å². The molecule has 180 valence electrons. The molecule has 1 aliphatic heterocycles. The fourth-order valence-electron chi connectivity index (χ4n) is 4.59. The number of nitrogens with zero attached hydrogens (tertiary/aromatic N) is 4. The fourth-order valence-corrected chi connectivity index (χ4v) is 5.08. The summed E-state index contributed by atoms with van der Waals surface area (Å²) in [5, 5.41) is 17.4. The molecular formula is C22H25Cl2N7O3. The molecule has 2 fully saturated rings. The second-order valence-electron chi connectivity index (χ2n) is 8.69. The summed E-state index contributed by atoms with van der Waals surface area (Å²) in [6, 6.07) is 5.01. The van der Waals surface area contributed by atoms with Crippen LogP contribution in [0.3, 0.4) is 0 Å². The second-order valence-corrected chi connectivity index (χ2v) is 9.51. The van der Waals surface area contributed by atoms with E-state index in [4.69, 9.17) is 43.6 Å². The van der Waals surface area contributed by atoms with E-state index in [1.807, 2.05) is 4.57 Å². The molecule has 3 heterocycles.